The number of carbonyl (C=O) groups is 1. The molecule has 0 aromatic carbocycles. The summed E-state index contributed by atoms with van der Waals surface area (Å²) in [5.41, 5.74) is 1.62. The Bertz CT molecular complexity index is 556. The van der Waals surface area contributed by atoms with Crippen LogP contribution in [0.25, 0.3) is 0 Å². The first-order valence-corrected chi connectivity index (χ1v) is 6.97. The lowest BCUT2D eigenvalue weighted by atomic mass is 10.3. The minimum Gasteiger partial charge on any atom is -0.335 e. The van der Waals surface area contributed by atoms with Gasteiger partial charge in [0.1, 0.15) is 4.88 Å². The number of hydrogen-bond acceptors (Lipinski definition) is 4. The largest absolute Gasteiger partial charge is 0.335 e. The first-order valence-electron chi connectivity index (χ1n) is 5.36. The van der Waals surface area contributed by atoms with Crippen LogP contribution in [0.5, 0.6) is 0 Å². The van der Waals surface area contributed by atoms with E-state index < -0.39 is 0 Å². The number of thiazole rings is 1. The van der Waals surface area contributed by atoms with E-state index in [1.165, 1.54) is 11.3 Å². The van der Waals surface area contributed by atoms with Crippen molar-refractivity contribution in [2.75, 3.05) is 7.05 Å². The molecular formula is C12H12BrN3OS. The molecule has 0 aliphatic heterocycles. The molecule has 2 rings (SSSR count). The van der Waals surface area contributed by atoms with Crippen molar-refractivity contribution in [3.05, 3.63) is 44.6 Å². The summed E-state index contributed by atoms with van der Waals surface area (Å²) in [4.78, 5) is 22.9. The Labute approximate surface area is 118 Å². The summed E-state index contributed by atoms with van der Waals surface area (Å²) in [5, 5.41) is 0. The van der Waals surface area contributed by atoms with Gasteiger partial charge in [-0.25, -0.2) is 4.98 Å². The SMILES string of the molecule is Cc1nc(Br)sc1C(=O)N(C)Cc1ccccn1. The van der Waals surface area contributed by atoms with Crippen molar-refractivity contribution in [1.29, 1.82) is 0 Å². The number of aromatic nitrogens is 2. The Morgan fingerprint density at radius 1 is 1.50 bits per heavy atom. The lowest BCUT2D eigenvalue weighted by molar-refractivity contribution is 0.0787. The third kappa shape index (κ3) is 2.94. The van der Waals surface area contributed by atoms with Crippen molar-refractivity contribution in [2.24, 2.45) is 0 Å². The van der Waals surface area contributed by atoms with Crippen molar-refractivity contribution in [2.45, 2.75) is 13.5 Å². The maximum absolute atomic E-state index is 12.2. The standard InChI is InChI=1S/C12H12BrN3OS/c1-8-10(18-12(13)15-8)11(17)16(2)7-9-5-3-4-6-14-9/h3-6H,7H2,1-2H3. The molecule has 0 aliphatic carbocycles. The molecule has 2 aromatic heterocycles. The van der Waals surface area contributed by atoms with E-state index >= 15 is 0 Å². The molecule has 0 bridgehead atoms. The van der Waals surface area contributed by atoms with Crippen molar-refractivity contribution < 1.29 is 4.79 Å². The normalized spacial score (nSPS) is 10.4. The van der Waals surface area contributed by atoms with E-state index in [4.69, 9.17) is 0 Å². The zero-order valence-corrected chi connectivity index (χ0v) is 12.5. The van der Waals surface area contributed by atoms with Crippen LogP contribution in [0.4, 0.5) is 0 Å². The van der Waals surface area contributed by atoms with Gasteiger partial charge in [-0.05, 0) is 35.0 Å². The second-order valence-corrected chi connectivity index (χ2v) is 6.14. The molecule has 0 aliphatic rings. The van der Waals surface area contributed by atoms with E-state index in [2.05, 4.69) is 25.9 Å². The van der Waals surface area contributed by atoms with E-state index in [1.807, 2.05) is 25.1 Å². The van der Waals surface area contributed by atoms with Crippen molar-refractivity contribution >= 4 is 33.2 Å². The summed E-state index contributed by atoms with van der Waals surface area (Å²) in [6.45, 7) is 2.33. The van der Waals surface area contributed by atoms with Crippen LogP contribution in [0.3, 0.4) is 0 Å². The van der Waals surface area contributed by atoms with Gasteiger partial charge in [-0.2, -0.15) is 0 Å². The third-order valence-electron chi connectivity index (χ3n) is 2.44. The van der Waals surface area contributed by atoms with Crippen molar-refractivity contribution in [1.82, 2.24) is 14.9 Å². The second kappa shape index (κ2) is 5.58. The molecule has 0 N–H and O–H groups in total. The Hall–Kier alpha value is -1.27. The van der Waals surface area contributed by atoms with Gasteiger partial charge in [0.15, 0.2) is 3.92 Å². The molecule has 94 valence electrons. The highest BCUT2D eigenvalue weighted by Gasteiger charge is 2.18. The molecular weight excluding hydrogens is 314 g/mol. The summed E-state index contributed by atoms with van der Waals surface area (Å²) in [6, 6.07) is 5.67. The van der Waals surface area contributed by atoms with E-state index in [9.17, 15) is 4.79 Å². The number of amides is 1. The summed E-state index contributed by atoms with van der Waals surface area (Å²) in [7, 11) is 1.77. The number of carbonyl (C=O) groups excluding carboxylic acids is 1. The fraction of sp³-hybridized carbons (Fsp3) is 0.250. The van der Waals surface area contributed by atoms with Gasteiger partial charge in [0.25, 0.3) is 5.91 Å². The Kier molecular flexibility index (Phi) is 4.08. The lowest BCUT2D eigenvalue weighted by Gasteiger charge is -2.15. The van der Waals surface area contributed by atoms with E-state index in [0.717, 1.165) is 15.3 Å². The average molecular weight is 326 g/mol. The fourth-order valence-corrected chi connectivity index (χ4v) is 3.08. The Morgan fingerprint density at radius 3 is 2.83 bits per heavy atom. The molecule has 6 heteroatoms. The van der Waals surface area contributed by atoms with Crippen LogP contribution in [0, 0.1) is 6.92 Å². The highest BCUT2D eigenvalue weighted by atomic mass is 79.9. The topological polar surface area (TPSA) is 46.1 Å². The van der Waals surface area contributed by atoms with Gasteiger partial charge in [-0.15, -0.1) is 11.3 Å². The Balaban J connectivity index is 2.12. The van der Waals surface area contributed by atoms with Crippen LogP contribution < -0.4 is 0 Å². The first kappa shape index (κ1) is 13.2. The van der Waals surface area contributed by atoms with E-state index in [0.29, 0.717) is 11.4 Å². The molecule has 0 spiro atoms. The number of pyridine rings is 1. The van der Waals surface area contributed by atoms with Gasteiger partial charge in [0, 0.05) is 13.2 Å². The lowest BCUT2D eigenvalue weighted by Crippen LogP contribution is -2.26. The molecule has 2 aromatic rings. The number of hydrogen-bond donors (Lipinski definition) is 0. The molecule has 0 saturated heterocycles. The monoisotopic (exact) mass is 325 g/mol. The van der Waals surface area contributed by atoms with Crippen LogP contribution in [-0.4, -0.2) is 27.8 Å². The molecule has 18 heavy (non-hydrogen) atoms. The third-order valence-corrected chi connectivity index (χ3v) is 4.03. The molecule has 0 radical (unpaired) electrons. The van der Waals surface area contributed by atoms with Crippen LogP contribution in [0.15, 0.2) is 28.3 Å². The summed E-state index contributed by atoms with van der Waals surface area (Å²) in [5.74, 6) is -0.0265. The smallest absolute Gasteiger partial charge is 0.265 e. The van der Waals surface area contributed by atoms with Gasteiger partial charge in [0.2, 0.25) is 0 Å². The molecule has 0 atom stereocenters. The summed E-state index contributed by atoms with van der Waals surface area (Å²) in [6.07, 6.45) is 1.72. The van der Waals surface area contributed by atoms with Crippen LogP contribution in [0.2, 0.25) is 0 Å². The molecule has 0 unspecified atom stereocenters. The summed E-state index contributed by atoms with van der Waals surface area (Å²) < 4.78 is 0.731. The van der Waals surface area contributed by atoms with Crippen molar-refractivity contribution in [3.63, 3.8) is 0 Å². The van der Waals surface area contributed by atoms with Crippen molar-refractivity contribution in [3.8, 4) is 0 Å². The van der Waals surface area contributed by atoms with Gasteiger partial charge >= 0.3 is 0 Å². The minimum atomic E-state index is -0.0265. The van der Waals surface area contributed by atoms with Gasteiger partial charge < -0.3 is 4.90 Å². The fourth-order valence-electron chi connectivity index (χ4n) is 1.54. The van der Waals surface area contributed by atoms with Gasteiger partial charge in [-0.3, -0.25) is 9.78 Å². The van der Waals surface area contributed by atoms with Gasteiger partial charge in [0.05, 0.1) is 17.9 Å². The van der Waals surface area contributed by atoms with E-state index in [1.54, 1.807) is 18.1 Å². The molecule has 0 fully saturated rings. The predicted octanol–water partition coefficient (Wildman–Crippen LogP) is 2.88. The van der Waals surface area contributed by atoms with E-state index in [-0.39, 0.29) is 5.91 Å². The minimum absolute atomic E-state index is 0.0265. The maximum Gasteiger partial charge on any atom is 0.265 e. The molecule has 0 saturated carbocycles. The summed E-state index contributed by atoms with van der Waals surface area (Å²) >= 11 is 4.65. The quantitative estimate of drug-likeness (QED) is 0.871. The number of halogens is 1. The number of rotatable bonds is 3. The highest BCUT2D eigenvalue weighted by molar-refractivity contribution is 9.11. The Morgan fingerprint density at radius 2 is 2.28 bits per heavy atom. The van der Waals surface area contributed by atoms with Crippen LogP contribution in [-0.2, 0) is 6.54 Å². The number of nitrogens with zero attached hydrogens (tertiary/aromatic N) is 3. The predicted molar refractivity (Wildman–Crippen MR) is 74.6 cm³/mol. The molecule has 4 nitrogen and oxygen atoms in total. The average Bonchev–Trinajstić information content (AvgIpc) is 2.68. The number of aryl methyl sites for hydroxylation is 1. The van der Waals surface area contributed by atoms with Crippen LogP contribution in [0.1, 0.15) is 21.1 Å². The van der Waals surface area contributed by atoms with Gasteiger partial charge in [-0.1, -0.05) is 6.07 Å². The maximum atomic E-state index is 12.2. The first-order chi connectivity index (χ1) is 8.58. The zero-order chi connectivity index (χ0) is 13.1. The highest BCUT2D eigenvalue weighted by Crippen LogP contribution is 2.24. The second-order valence-electron chi connectivity index (χ2n) is 3.86. The van der Waals surface area contributed by atoms with Crippen LogP contribution >= 0.6 is 27.3 Å². The molecule has 2 heterocycles. The molecule has 1 amide bonds. The zero-order valence-electron chi connectivity index (χ0n) is 10.1.